The first-order chi connectivity index (χ1) is 12.6. The van der Waals surface area contributed by atoms with E-state index in [-0.39, 0.29) is 29.6 Å². The lowest BCUT2D eigenvalue weighted by Crippen LogP contribution is -2.26. The molecule has 0 atom stereocenters. The molecule has 26 heavy (non-hydrogen) atoms. The van der Waals surface area contributed by atoms with Gasteiger partial charge in [0.1, 0.15) is 4.83 Å². The van der Waals surface area contributed by atoms with E-state index in [9.17, 15) is 14.4 Å². The molecule has 0 unspecified atom stereocenters. The number of esters is 1. The van der Waals surface area contributed by atoms with Crippen LogP contribution in [0.5, 0.6) is 0 Å². The molecule has 0 spiro atoms. The van der Waals surface area contributed by atoms with Crippen LogP contribution in [-0.2, 0) is 27.2 Å². The van der Waals surface area contributed by atoms with E-state index in [1.165, 1.54) is 23.7 Å². The number of thioether (sulfide) groups is 1. The van der Waals surface area contributed by atoms with Gasteiger partial charge in [-0.25, -0.2) is 4.98 Å². The SMILES string of the molecule is COC(=O)CCCNC(=O)CSc1nc2sc3c(c2c(=O)[nH]1)CCCC3. The molecule has 1 aliphatic rings. The maximum Gasteiger partial charge on any atom is 0.305 e. The number of thiophene rings is 1. The van der Waals surface area contributed by atoms with Crippen molar-refractivity contribution >= 4 is 45.2 Å². The fourth-order valence-corrected chi connectivity index (χ4v) is 4.97. The predicted octanol–water partition coefficient (Wildman–Crippen LogP) is 2.02. The van der Waals surface area contributed by atoms with Crippen molar-refractivity contribution in [3.05, 3.63) is 20.8 Å². The number of nitrogens with zero attached hydrogens (tertiary/aromatic N) is 1. The van der Waals surface area contributed by atoms with Crippen LogP contribution in [0.25, 0.3) is 10.2 Å². The Bertz CT molecular complexity index is 875. The van der Waals surface area contributed by atoms with Crippen LogP contribution in [0, 0.1) is 0 Å². The van der Waals surface area contributed by atoms with Gasteiger partial charge >= 0.3 is 5.97 Å². The molecule has 7 nitrogen and oxygen atoms in total. The number of hydrogen-bond acceptors (Lipinski definition) is 7. The second-order valence-electron chi connectivity index (χ2n) is 6.08. The molecular formula is C17H21N3O4S2. The van der Waals surface area contributed by atoms with Crippen molar-refractivity contribution in [1.29, 1.82) is 0 Å². The fraction of sp³-hybridized carbons (Fsp3) is 0.529. The van der Waals surface area contributed by atoms with Crippen LogP contribution < -0.4 is 10.9 Å². The van der Waals surface area contributed by atoms with Crippen molar-refractivity contribution in [2.45, 2.75) is 43.7 Å². The maximum absolute atomic E-state index is 12.4. The lowest BCUT2D eigenvalue weighted by Gasteiger charge is -2.09. The zero-order chi connectivity index (χ0) is 18.5. The summed E-state index contributed by atoms with van der Waals surface area (Å²) in [6, 6.07) is 0. The number of methoxy groups -OCH3 is 1. The number of H-pyrrole nitrogens is 1. The largest absolute Gasteiger partial charge is 0.469 e. The summed E-state index contributed by atoms with van der Waals surface area (Å²) < 4.78 is 4.54. The highest BCUT2D eigenvalue weighted by Crippen LogP contribution is 2.34. The normalized spacial score (nSPS) is 13.4. The molecule has 9 heteroatoms. The Labute approximate surface area is 158 Å². The average Bonchev–Trinajstić information content (AvgIpc) is 3.02. The van der Waals surface area contributed by atoms with Gasteiger partial charge in [0.25, 0.3) is 5.56 Å². The highest BCUT2D eigenvalue weighted by molar-refractivity contribution is 7.99. The summed E-state index contributed by atoms with van der Waals surface area (Å²) >= 11 is 2.80. The molecule has 2 aromatic heterocycles. The summed E-state index contributed by atoms with van der Waals surface area (Å²) in [4.78, 5) is 44.7. The van der Waals surface area contributed by atoms with Gasteiger partial charge in [-0.05, 0) is 37.7 Å². The zero-order valence-corrected chi connectivity index (χ0v) is 16.2. The molecule has 0 fully saturated rings. The minimum absolute atomic E-state index is 0.115. The highest BCUT2D eigenvalue weighted by Gasteiger charge is 2.20. The van der Waals surface area contributed by atoms with Crippen molar-refractivity contribution in [1.82, 2.24) is 15.3 Å². The van der Waals surface area contributed by atoms with Gasteiger partial charge in [-0.1, -0.05) is 11.8 Å². The summed E-state index contributed by atoms with van der Waals surface area (Å²) in [6.07, 6.45) is 5.05. The second-order valence-corrected chi connectivity index (χ2v) is 8.13. The number of fused-ring (bicyclic) bond motifs is 3. The summed E-state index contributed by atoms with van der Waals surface area (Å²) in [5.41, 5.74) is 1.04. The van der Waals surface area contributed by atoms with Gasteiger partial charge in [0.15, 0.2) is 5.16 Å². The number of nitrogens with one attached hydrogen (secondary N) is 2. The van der Waals surface area contributed by atoms with Crippen LogP contribution in [0.1, 0.15) is 36.1 Å². The monoisotopic (exact) mass is 395 g/mol. The van der Waals surface area contributed by atoms with Gasteiger partial charge in [-0.2, -0.15) is 0 Å². The van der Waals surface area contributed by atoms with E-state index in [4.69, 9.17) is 0 Å². The van der Waals surface area contributed by atoms with Crippen LogP contribution in [-0.4, -0.2) is 41.3 Å². The van der Waals surface area contributed by atoms with E-state index in [2.05, 4.69) is 20.0 Å². The van der Waals surface area contributed by atoms with Crippen molar-refractivity contribution in [3.8, 4) is 0 Å². The Morgan fingerprint density at radius 1 is 1.35 bits per heavy atom. The molecule has 0 radical (unpaired) electrons. The standard InChI is InChI=1S/C17H21N3O4S2/c1-24-13(22)7-4-8-18-12(21)9-25-17-19-15(23)14-10-5-2-3-6-11(10)26-16(14)20-17/h2-9H2,1H3,(H,18,21)(H,19,20,23). The second kappa shape index (κ2) is 8.68. The topological polar surface area (TPSA) is 101 Å². The molecule has 0 aromatic carbocycles. The van der Waals surface area contributed by atoms with Crippen LogP contribution in [0.2, 0.25) is 0 Å². The third-order valence-electron chi connectivity index (χ3n) is 4.25. The molecule has 0 aliphatic heterocycles. The van der Waals surface area contributed by atoms with Crippen molar-refractivity contribution < 1.29 is 14.3 Å². The quantitative estimate of drug-likeness (QED) is 0.322. The first kappa shape index (κ1) is 18.9. The van der Waals surface area contributed by atoms with E-state index >= 15 is 0 Å². The van der Waals surface area contributed by atoms with Gasteiger partial charge in [-0.3, -0.25) is 14.4 Å². The van der Waals surface area contributed by atoms with Gasteiger partial charge in [-0.15, -0.1) is 11.3 Å². The smallest absolute Gasteiger partial charge is 0.305 e. The van der Waals surface area contributed by atoms with E-state index < -0.39 is 0 Å². The number of ether oxygens (including phenoxy) is 1. The third-order valence-corrected chi connectivity index (χ3v) is 6.31. The number of amides is 1. The fourth-order valence-electron chi connectivity index (χ4n) is 2.96. The molecule has 140 valence electrons. The minimum atomic E-state index is -0.289. The van der Waals surface area contributed by atoms with Crippen LogP contribution >= 0.6 is 23.1 Å². The Balaban J connectivity index is 1.57. The van der Waals surface area contributed by atoms with E-state index in [1.54, 1.807) is 11.3 Å². The van der Waals surface area contributed by atoms with Gasteiger partial charge < -0.3 is 15.0 Å². The summed E-state index contributed by atoms with van der Waals surface area (Å²) in [6.45, 7) is 0.412. The average molecular weight is 396 g/mol. The van der Waals surface area contributed by atoms with E-state index in [0.29, 0.717) is 18.1 Å². The first-order valence-corrected chi connectivity index (χ1v) is 10.4. The van der Waals surface area contributed by atoms with Gasteiger partial charge in [0.2, 0.25) is 5.91 Å². The Morgan fingerprint density at radius 2 is 2.15 bits per heavy atom. The van der Waals surface area contributed by atoms with Crippen LogP contribution in [0.4, 0.5) is 0 Å². The Morgan fingerprint density at radius 3 is 2.96 bits per heavy atom. The Kier molecular flexibility index (Phi) is 6.31. The molecule has 2 aromatic rings. The number of aryl methyl sites for hydroxylation is 2. The zero-order valence-electron chi connectivity index (χ0n) is 14.6. The first-order valence-electron chi connectivity index (χ1n) is 8.59. The van der Waals surface area contributed by atoms with E-state index in [1.807, 2.05) is 0 Å². The van der Waals surface area contributed by atoms with Crippen molar-refractivity contribution in [2.24, 2.45) is 0 Å². The highest BCUT2D eigenvalue weighted by atomic mass is 32.2. The molecule has 2 heterocycles. The third kappa shape index (κ3) is 4.45. The summed E-state index contributed by atoms with van der Waals surface area (Å²) in [5.74, 6) is -0.284. The molecule has 1 amide bonds. The Hall–Kier alpha value is -1.87. The number of rotatable bonds is 7. The van der Waals surface area contributed by atoms with Crippen LogP contribution in [0.15, 0.2) is 9.95 Å². The predicted molar refractivity (Wildman–Crippen MR) is 102 cm³/mol. The maximum atomic E-state index is 12.4. The van der Waals surface area contributed by atoms with Crippen molar-refractivity contribution in [3.63, 3.8) is 0 Å². The minimum Gasteiger partial charge on any atom is -0.469 e. The molecule has 1 aliphatic carbocycles. The molecule has 0 saturated carbocycles. The summed E-state index contributed by atoms with van der Waals surface area (Å²) in [7, 11) is 1.34. The molecule has 3 rings (SSSR count). The van der Waals surface area contributed by atoms with E-state index in [0.717, 1.165) is 41.5 Å². The number of aromatic nitrogens is 2. The lowest BCUT2D eigenvalue weighted by molar-refractivity contribution is -0.140. The van der Waals surface area contributed by atoms with Crippen molar-refractivity contribution in [2.75, 3.05) is 19.4 Å². The number of hydrogen-bond donors (Lipinski definition) is 2. The molecular weight excluding hydrogens is 374 g/mol. The molecule has 0 bridgehead atoms. The molecule has 2 N–H and O–H groups in total. The lowest BCUT2D eigenvalue weighted by atomic mass is 9.97. The van der Waals surface area contributed by atoms with Crippen LogP contribution in [0.3, 0.4) is 0 Å². The number of aromatic amines is 1. The number of carbonyl (C=O) groups excluding carboxylic acids is 2. The molecule has 0 saturated heterocycles. The van der Waals surface area contributed by atoms with Gasteiger partial charge in [0.05, 0.1) is 18.2 Å². The summed E-state index contributed by atoms with van der Waals surface area (Å²) in [5, 5.41) is 3.93. The number of carbonyl (C=O) groups is 2. The van der Waals surface area contributed by atoms with Gasteiger partial charge in [0, 0.05) is 17.8 Å².